The highest BCUT2D eigenvalue weighted by atomic mass is 19.1. The molecule has 8 atom stereocenters. The lowest BCUT2D eigenvalue weighted by Crippen LogP contribution is -2.58. The number of Topliss-reactive ketones (excluding diaryl/α,β-unsaturated/α-hetero) is 1. The van der Waals surface area contributed by atoms with E-state index in [0.717, 1.165) is 38.5 Å². The van der Waals surface area contributed by atoms with Gasteiger partial charge in [-0.15, -0.1) is 0 Å². The number of carbonyl (C=O) groups excluding carboxylic acids is 1. The molecule has 4 aliphatic carbocycles. The molecule has 0 heterocycles. The molecule has 0 aromatic heterocycles. The van der Waals surface area contributed by atoms with E-state index in [1.54, 1.807) is 0 Å². The number of alkyl halides is 1. The highest BCUT2D eigenvalue weighted by molar-refractivity contribution is 5.87. The highest BCUT2D eigenvalue weighted by Crippen LogP contribution is 2.66. The molecule has 0 radical (unpaired) electrons. The lowest BCUT2D eigenvalue weighted by Gasteiger charge is -2.59. The Kier molecular flexibility index (Phi) is 5.79. The van der Waals surface area contributed by atoms with Gasteiger partial charge in [-0.3, -0.25) is 4.79 Å². The standard InChI is InChI=1S/C28H36F2N2O2/c1-26(34)12-13-28(30)17(15-26)4-6-19-20-7-8-22(27(20,2)11-10-21(19)28)25(33)16-32-23-9-5-18(29)14-24(23)31-3/h5,9,14,17,19-22,32,34H,4,6-8,10-13,15-16H2,1-2H3/t17-,19+,20+,21+,22-,26-,27+,28-/m1/s1. The maximum absolute atomic E-state index is 16.5. The second kappa shape index (κ2) is 8.29. The summed E-state index contributed by atoms with van der Waals surface area (Å²) < 4.78 is 29.9. The Bertz CT molecular complexity index is 1020. The first-order valence-corrected chi connectivity index (χ1v) is 12.9. The predicted molar refractivity (Wildman–Crippen MR) is 128 cm³/mol. The van der Waals surface area contributed by atoms with Crippen LogP contribution in [0.25, 0.3) is 4.85 Å². The summed E-state index contributed by atoms with van der Waals surface area (Å²) in [4.78, 5) is 16.7. The molecule has 0 spiro atoms. The van der Waals surface area contributed by atoms with Crippen molar-refractivity contribution in [1.82, 2.24) is 0 Å². The Labute approximate surface area is 201 Å². The third-order valence-corrected chi connectivity index (χ3v) is 10.2. The quantitative estimate of drug-likeness (QED) is 0.496. The molecule has 4 saturated carbocycles. The first-order valence-electron chi connectivity index (χ1n) is 12.9. The topological polar surface area (TPSA) is 53.7 Å². The van der Waals surface area contributed by atoms with Crippen molar-refractivity contribution < 1.29 is 18.7 Å². The number of hydrogen-bond acceptors (Lipinski definition) is 3. The number of carbonyl (C=O) groups is 1. The van der Waals surface area contributed by atoms with E-state index in [2.05, 4.69) is 17.1 Å². The SMILES string of the molecule is [C-]#[N+]c1cc(F)ccc1NCC(=O)[C@H]1CC[C@H]2[C@@H]3CC[C@@H]4C[C@](C)(O)CC[C@]4(F)[C@H]3CC[C@]12C. The summed E-state index contributed by atoms with van der Waals surface area (Å²) in [5.74, 6) is 0.294. The number of rotatable bonds is 4. The highest BCUT2D eigenvalue weighted by Gasteiger charge is 2.63. The van der Waals surface area contributed by atoms with Gasteiger partial charge in [0.15, 0.2) is 5.78 Å². The minimum absolute atomic E-state index is 0.0442. The number of anilines is 1. The second-order valence-electron chi connectivity index (χ2n) is 12.0. The van der Waals surface area contributed by atoms with Crippen LogP contribution < -0.4 is 5.32 Å². The van der Waals surface area contributed by atoms with E-state index in [1.807, 2.05) is 6.92 Å². The number of hydrogen-bond donors (Lipinski definition) is 2. The van der Waals surface area contributed by atoms with Crippen LogP contribution in [0.3, 0.4) is 0 Å². The van der Waals surface area contributed by atoms with Crippen molar-refractivity contribution in [2.45, 2.75) is 82.9 Å². The van der Waals surface area contributed by atoms with Crippen LogP contribution >= 0.6 is 0 Å². The van der Waals surface area contributed by atoms with Crippen molar-refractivity contribution in [3.63, 3.8) is 0 Å². The molecule has 5 rings (SSSR count). The first-order chi connectivity index (χ1) is 16.1. The Morgan fingerprint density at radius 2 is 1.94 bits per heavy atom. The smallest absolute Gasteiger partial charge is 0.212 e. The normalized spacial score (nSPS) is 43.2. The van der Waals surface area contributed by atoms with Crippen molar-refractivity contribution in [3.05, 3.63) is 35.4 Å². The molecule has 0 unspecified atom stereocenters. The molecular weight excluding hydrogens is 434 g/mol. The van der Waals surface area contributed by atoms with Gasteiger partial charge in [0.1, 0.15) is 11.5 Å². The van der Waals surface area contributed by atoms with Gasteiger partial charge in [-0.25, -0.2) is 13.6 Å². The summed E-state index contributed by atoms with van der Waals surface area (Å²) in [5.41, 5.74) is -1.37. The first kappa shape index (κ1) is 23.7. The van der Waals surface area contributed by atoms with Gasteiger partial charge < -0.3 is 10.4 Å². The van der Waals surface area contributed by atoms with Gasteiger partial charge in [-0.05, 0) is 112 Å². The Balaban J connectivity index is 1.29. The molecule has 184 valence electrons. The van der Waals surface area contributed by atoms with Crippen molar-refractivity contribution in [3.8, 4) is 0 Å². The molecule has 0 aliphatic heterocycles. The number of nitrogens with one attached hydrogen (secondary N) is 1. The van der Waals surface area contributed by atoms with Gasteiger partial charge in [-0.2, -0.15) is 0 Å². The maximum atomic E-state index is 16.5. The average Bonchev–Trinajstić information content (AvgIpc) is 3.15. The molecule has 0 amide bonds. The molecule has 4 aliphatic rings. The third kappa shape index (κ3) is 3.75. The van der Waals surface area contributed by atoms with Crippen molar-refractivity contribution in [1.29, 1.82) is 0 Å². The van der Waals surface area contributed by atoms with Crippen LogP contribution in [0, 0.1) is 47.4 Å². The van der Waals surface area contributed by atoms with Crippen LogP contribution in [0.15, 0.2) is 18.2 Å². The zero-order valence-electron chi connectivity index (χ0n) is 20.2. The number of halogens is 2. The average molecular weight is 471 g/mol. The minimum Gasteiger partial charge on any atom is -0.390 e. The van der Waals surface area contributed by atoms with E-state index >= 15 is 4.39 Å². The Hall–Kier alpha value is -2.00. The zero-order chi connectivity index (χ0) is 24.3. The number of fused-ring (bicyclic) bond motifs is 5. The van der Waals surface area contributed by atoms with Gasteiger partial charge >= 0.3 is 0 Å². The van der Waals surface area contributed by atoms with E-state index < -0.39 is 17.1 Å². The Morgan fingerprint density at radius 3 is 2.71 bits per heavy atom. The van der Waals surface area contributed by atoms with E-state index in [1.165, 1.54) is 18.2 Å². The monoisotopic (exact) mass is 470 g/mol. The summed E-state index contributed by atoms with van der Waals surface area (Å²) in [6, 6.07) is 3.99. The van der Waals surface area contributed by atoms with Crippen LogP contribution in [0.1, 0.15) is 71.6 Å². The van der Waals surface area contributed by atoms with Crippen molar-refractivity contribution in [2.24, 2.45) is 35.0 Å². The van der Waals surface area contributed by atoms with Crippen molar-refractivity contribution in [2.75, 3.05) is 11.9 Å². The van der Waals surface area contributed by atoms with Gasteiger partial charge in [0.25, 0.3) is 0 Å². The lowest BCUT2D eigenvalue weighted by atomic mass is 9.48. The molecule has 0 bridgehead atoms. The summed E-state index contributed by atoms with van der Waals surface area (Å²) in [6.07, 6.45) is 6.90. The molecule has 1 aromatic rings. The van der Waals surface area contributed by atoms with Crippen LogP contribution in [0.2, 0.25) is 0 Å². The summed E-state index contributed by atoms with van der Waals surface area (Å²) in [7, 11) is 0. The van der Waals surface area contributed by atoms with Gasteiger partial charge in [0, 0.05) is 11.6 Å². The lowest BCUT2D eigenvalue weighted by molar-refractivity contribution is -0.165. The number of aliphatic hydroxyl groups is 1. The largest absolute Gasteiger partial charge is 0.390 e. The molecule has 1 aromatic carbocycles. The fourth-order valence-electron chi connectivity index (χ4n) is 8.56. The molecule has 4 nitrogen and oxygen atoms in total. The van der Waals surface area contributed by atoms with Crippen LogP contribution in [0.4, 0.5) is 20.2 Å². The molecule has 4 fully saturated rings. The fourth-order valence-corrected chi connectivity index (χ4v) is 8.56. The van der Waals surface area contributed by atoms with E-state index in [0.29, 0.717) is 36.8 Å². The van der Waals surface area contributed by atoms with Gasteiger partial charge in [0.05, 0.1) is 18.7 Å². The minimum atomic E-state index is -1.17. The van der Waals surface area contributed by atoms with E-state index in [-0.39, 0.29) is 41.2 Å². The molecule has 0 saturated heterocycles. The molecular formula is C28H36F2N2O2. The predicted octanol–water partition coefficient (Wildman–Crippen LogP) is 6.47. The number of benzene rings is 1. The third-order valence-electron chi connectivity index (χ3n) is 10.2. The summed E-state index contributed by atoms with van der Waals surface area (Å²) >= 11 is 0. The summed E-state index contributed by atoms with van der Waals surface area (Å²) in [5, 5.41) is 13.6. The maximum Gasteiger partial charge on any atom is 0.212 e. The molecule has 34 heavy (non-hydrogen) atoms. The van der Waals surface area contributed by atoms with E-state index in [9.17, 15) is 14.3 Å². The van der Waals surface area contributed by atoms with Gasteiger partial charge in [-0.1, -0.05) is 6.92 Å². The van der Waals surface area contributed by atoms with E-state index in [4.69, 9.17) is 6.57 Å². The second-order valence-corrected chi connectivity index (χ2v) is 12.0. The number of ketones is 1. The summed E-state index contributed by atoms with van der Waals surface area (Å²) in [6.45, 7) is 11.5. The van der Waals surface area contributed by atoms with Crippen LogP contribution in [0.5, 0.6) is 0 Å². The van der Waals surface area contributed by atoms with Gasteiger partial charge in [0.2, 0.25) is 5.69 Å². The number of nitrogens with zero attached hydrogens (tertiary/aromatic N) is 1. The van der Waals surface area contributed by atoms with Crippen LogP contribution in [-0.2, 0) is 4.79 Å². The zero-order valence-corrected chi connectivity index (χ0v) is 20.2. The fraction of sp³-hybridized carbons (Fsp3) is 0.714. The van der Waals surface area contributed by atoms with Crippen LogP contribution in [-0.4, -0.2) is 28.7 Å². The van der Waals surface area contributed by atoms with Crippen molar-refractivity contribution >= 4 is 17.2 Å². The molecule has 2 N–H and O–H groups in total. The molecule has 6 heteroatoms. The Morgan fingerprint density at radius 1 is 1.15 bits per heavy atom.